The van der Waals surface area contributed by atoms with E-state index in [0.717, 1.165) is 68.0 Å². The molecule has 38 heavy (non-hydrogen) atoms. The van der Waals surface area contributed by atoms with Crippen LogP contribution in [0.3, 0.4) is 0 Å². The molecule has 2 N–H and O–H groups in total. The second-order valence-corrected chi connectivity index (χ2v) is 12.1. The van der Waals surface area contributed by atoms with Crippen molar-refractivity contribution in [3.8, 4) is 0 Å². The van der Waals surface area contributed by atoms with Gasteiger partial charge in [-0.15, -0.1) is 11.8 Å². The maximum absolute atomic E-state index is 13.5. The topological polar surface area (TPSA) is 76.1 Å². The highest BCUT2D eigenvalue weighted by Gasteiger charge is 2.36. The molecule has 2 fully saturated rings. The summed E-state index contributed by atoms with van der Waals surface area (Å²) in [4.78, 5) is 33.0. The van der Waals surface area contributed by atoms with E-state index in [1.165, 1.54) is 16.0 Å². The molecule has 4 rings (SSSR count). The molecule has 0 bridgehead atoms. The highest BCUT2D eigenvalue weighted by Crippen LogP contribution is 2.26. The van der Waals surface area contributed by atoms with Gasteiger partial charge in [0.15, 0.2) is 0 Å². The van der Waals surface area contributed by atoms with E-state index in [1.54, 1.807) is 11.8 Å². The Labute approximate surface area is 243 Å². The van der Waals surface area contributed by atoms with Gasteiger partial charge in [-0.1, -0.05) is 45.7 Å². The molecule has 0 unspecified atom stereocenters. The van der Waals surface area contributed by atoms with E-state index in [2.05, 4.69) is 61.6 Å². The predicted molar refractivity (Wildman–Crippen MR) is 157 cm³/mol. The summed E-state index contributed by atoms with van der Waals surface area (Å²) >= 11 is 11.5. The lowest BCUT2D eigenvalue weighted by atomic mass is 9.88. The summed E-state index contributed by atoms with van der Waals surface area (Å²) in [6, 6.07) is 13.6. The van der Waals surface area contributed by atoms with E-state index in [9.17, 15) is 14.7 Å². The van der Waals surface area contributed by atoms with E-state index in [4.69, 9.17) is 11.6 Å². The molecule has 0 aromatic heterocycles. The van der Waals surface area contributed by atoms with Gasteiger partial charge in [0.25, 0.3) is 0 Å². The second-order valence-electron chi connectivity index (χ2n) is 10.0. The lowest BCUT2D eigenvalue weighted by Gasteiger charge is -2.40. The van der Waals surface area contributed by atoms with Gasteiger partial charge in [-0.3, -0.25) is 9.69 Å². The Morgan fingerprint density at radius 2 is 1.76 bits per heavy atom. The lowest BCUT2D eigenvalue weighted by Crippen LogP contribution is -2.57. The van der Waals surface area contributed by atoms with Crippen molar-refractivity contribution in [3.63, 3.8) is 0 Å². The number of hydrogen-bond acceptors (Lipinski definition) is 5. The smallest absolute Gasteiger partial charge is 0.405 e. The number of carbonyl (C=O) groups excluding carboxylic acids is 1. The van der Waals surface area contributed by atoms with Crippen molar-refractivity contribution in [2.24, 2.45) is 5.92 Å². The summed E-state index contributed by atoms with van der Waals surface area (Å²) in [5.74, 6) is -0.0860. The van der Waals surface area contributed by atoms with Crippen LogP contribution < -0.4 is 5.32 Å². The van der Waals surface area contributed by atoms with Gasteiger partial charge >= 0.3 is 6.09 Å². The number of thioether (sulfide) groups is 1. The Kier molecular flexibility index (Phi) is 10.8. The number of likely N-dealkylation sites (tertiary alicyclic amines) is 1. The van der Waals surface area contributed by atoms with Crippen LogP contribution in [0.15, 0.2) is 51.8 Å². The van der Waals surface area contributed by atoms with Crippen molar-refractivity contribution in [1.82, 2.24) is 20.0 Å². The molecule has 2 amide bonds. The van der Waals surface area contributed by atoms with Gasteiger partial charge in [0, 0.05) is 53.7 Å². The third kappa shape index (κ3) is 7.88. The summed E-state index contributed by atoms with van der Waals surface area (Å²) in [6.07, 6.45) is 3.42. The number of amides is 2. The molecule has 2 aliphatic heterocycles. The molecule has 0 spiro atoms. The van der Waals surface area contributed by atoms with Crippen molar-refractivity contribution < 1.29 is 14.7 Å². The molecule has 2 aliphatic rings. The highest BCUT2D eigenvalue weighted by molar-refractivity contribution is 9.10. The van der Waals surface area contributed by atoms with E-state index in [-0.39, 0.29) is 11.8 Å². The molecule has 2 aromatic carbocycles. The van der Waals surface area contributed by atoms with Gasteiger partial charge in [0.1, 0.15) is 6.04 Å². The number of piperidine rings is 1. The summed E-state index contributed by atoms with van der Waals surface area (Å²) in [5, 5.41) is 12.8. The fraction of sp³-hybridized carbons (Fsp3) is 0.500. The first-order chi connectivity index (χ1) is 18.3. The van der Waals surface area contributed by atoms with Gasteiger partial charge < -0.3 is 20.2 Å². The zero-order chi connectivity index (χ0) is 27.1. The first kappa shape index (κ1) is 29.2. The normalized spacial score (nSPS) is 18.3. The van der Waals surface area contributed by atoms with Gasteiger partial charge in [0.2, 0.25) is 5.91 Å². The van der Waals surface area contributed by atoms with E-state index in [0.29, 0.717) is 13.1 Å². The molecule has 0 saturated carbocycles. The standard InChI is InChI=1S/C28H36BrClN4O3S/c1-38-25-5-3-2-4-22(25)19-33-14-16-34(17-15-33)27(35)26(31-28(36)37)20-8-11-32(12-9-20)13-10-21-18-23(30)6-7-24(21)29/h2-7,18,20,26,31H,8-17,19H2,1H3,(H,36,37)/t26-/m1/s1. The van der Waals surface area contributed by atoms with Crippen LogP contribution in [0.1, 0.15) is 24.0 Å². The fourth-order valence-corrected chi connectivity index (χ4v) is 6.68. The number of rotatable bonds is 9. The van der Waals surface area contributed by atoms with Crippen molar-refractivity contribution in [1.29, 1.82) is 0 Å². The Hall–Kier alpha value is -1.78. The molecular formula is C28H36BrClN4O3S. The maximum Gasteiger partial charge on any atom is 0.405 e. The van der Waals surface area contributed by atoms with Crippen LogP contribution >= 0.6 is 39.3 Å². The Balaban J connectivity index is 1.29. The fourth-order valence-electron chi connectivity index (χ4n) is 5.44. The number of carboxylic acid groups (broad SMARTS) is 1. The Morgan fingerprint density at radius 3 is 2.45 bits per heavy atom. The molecule has 0 aliphatic carbocycles. The summed E-state index contributed by atoms with van der Waals surface area (Å²) in [6.45, 7) is 6.25. The number of piperazine rings is 1. The largest absolute Gasteiger partial charge is 0.465 e. The monoisotopic (exact) mass is 622 g/mol. The molecule has 2 heterocycles. The maximum atomic E-state index is 13.5. The third-order valence-corrected chi connectivity index (χ3v) is 9.47. The van der Waals surface area contributed by atoms with Crippen LogP contribution in [0.2, 0.25) is 5.02 Å². The average Bonchev–Trinajstić information content (AvgIpc) is 2.93. The quantitative estimate of drug-likeness (QED) is 0.381. The van der Waals surface area contributed by atoms with Crippen LogP contribution in [-0.2, 0) is 17.8 Å². The number of halogens is 2. The Bertz CT molecular complexity index is 1110. The predicted octanol–water partition coefficient (Wildman–Crippen LogP) is 5.06. The number of benzene rings is 2. The molecule has 7 nitrogen and oxygen atoms in total. The second kappa shape index (κ2) is 14.0. The van der Waals surface area contributed by atoms with E-state index in [1.807, 2.05) is 23.1 Å². The van der Waals surface area contributed by atoms with E-state index >= 15 is 0 Å². The molecule has 2 aromatic rings. The molecule has 206 valence electrons. The summed E-state index contributed by atoms with van der Waals surface area (Å²) in [5.41, 5.74) is 2.48. The average molecular weight is 624 g/mol. The van der Waals surface area contributed by atoms with Crippen LogP contribution in [0.4, 0.5) is 4.79 Å². The van der Waals surface area contributed by atoms with Crippen molar-refractivity contribution in [3.05, 3.63) is 63.1 Å². The zero-order valence-corrected chi connectivity index (χ0v) is 24.9. The van der Waals surface area contributed by atoms with Crippen LogP contribution in [-0.4, -0.2) is 89.9 Å². The van der Waals surface area contributed by atoms with Crippen molar-refractivity contribution in [2.75, 3.05) is 52.1 Å². The molecule has 10 heteroatoms. The minimum atomic E-state index is -1.14. The van der Waals surface area contributed by atoms with Gasteiger partial charge in [-0.25, -0.2) is 4.79 Å². The minimum Gasteiger partial charge on any atom is -0.465 e. The van der Waals surface area contributed by atoms with E-state index < -0.39 is 12.1 Å². The number of nitrogens with zero attached hydrogens (tertiary/aromatic N) is 3. The number of carbonyl (C=O) groups is 2. The molecule has 2 saturated heterocycles. The molecule has 0 radical (unpaired) electrons. The molecular weight excluding hydrogens is 588 g/mol. The van der Waals surface area contributed by atoms with Gasteiger partial charge in [0.05, 0.1) is 0 Å². The van der Waals surface area contributed by atoms with Gasteiger partial charge in [-0.2, -0.15) is 0 Å². The summed E-state index contributed by atoms with van der Waals surface area (Å²) < 4.78 is 1.06. The highest BCUT2D eigenvalue weighted by atomic mass is 79.9. The zero-order valence-electron chi connectivity index (χ0n) is 21.7. The van der Waals surface area contributed by atoms with Crippen LogP contribution in [0.25, 0.3) is 0 Å². The van der Waals surface area contributed by atoms with Crippen LogP contribution in [0.5, 0.6) is 0 Å². The first-order valence-electron chi connectivity index (χ1n) is 13.1. The van der Waals surface area contributed by atoms with Crippen LogP contribution in [0, 0.1) is 5.92 Å². The van der Waals surface area contributed by atoms with Crippen molar-refractivity contribution in [2.45, 2.75) is 36.7 Å². The first-order valence-corrected chi connectivity index (χ1v) is 15.5. The molecule has 1 atom stereocenters. The minimum absolute atomic E-state index is 0.000702. The Morgan fingerprint density at radius 1 is 1.05 bits per heavy atom. The SMILES string of the molecule is CSc1ccccc1CN1CCN(C(=O)[C@H](NC(=O)O)C2CCN(CCc3cc(Cl)ccc3Br)CC2)CC1. The van der Waals surface area contributed by atoms with Crippen molar-refractivity contribution >= 4 is 51.3 Å². The third-order valence-electron chi connectivity index (χ3n) is 7.62. The lowest BCUT2D eigenvalue weighted by molar-refractivity contribution is -0.137. The number of nitrogens with one attached hydrogen (secondary N) is 1. The summed E-state index contributed by atoms with van der Waals surface area (Å²) in [7, 11) is 0. The van der Waals surface area contributed by atoms with Gasteiger partial charge in [-0.05, 0) is 79.9 Å². The number of hydrogen-bond donors (Lipinski definition) is 2.